The number of alkyl halides is 3. The normalized spacial score (nSPS) is 14.3. The molecule has 1 aromatic carbocycles. The van der Waals surface area contributed by atoms with E-state index in [1.165, 1.54) is 0 Å². The van der Waals surface area contributed by atoms with Crippen LogP contribution in [0, 0.1) is 0 Å². The van der Waals surface area contributed by atoms with Crippen LogP contribution in [0.5, 0.6) is 5.75 Å². The van der Waals surface area contributed by atoms with E-state index in [0.29, 0.717) is 5.56 Å². The predicted molar refractivity (Wildman–Crippen MR) is 90.4 cm³/mol. The van der Waals surface area contributed by atoms with Gasteiger partial charge in [0.2, 0.25) is 0 Å². The highest BCUT2D eigenvalue weighted by molar-refractivity contribution is 5.85. The first-order valence-corrected chi connectivity index (χ1v) is 7.33. The summed E-state index contributed by atoms with van der Waals surface area (Å²) in [4.78, 5) is 0. The second-order valence-corrected chi connectivity index (χ2v) is 7.89. The maximum Gasteiger partial charge on any atom is 0.390 e. The zero-order valence-electron chi connectivity index (χ0n) is 14.5. The van der Waals surface area contributed by atoms with Crippen molar-refractivity contribution in [2.24, 2.45) is 5.73 Å². The van der Waals surface area contributed by atoms with E-state index < -0.39 is 24.1 Å². The SMILES string of the molecule is CC(C)(C)c1cc([C@@H](N)CC(F)(F)F)c(O)c(C(C)(C)C)c1.Cl. The van der Waals surface area contributed by atoms with Crippen molar-refractivity contribution in [3.8, 4) is 5.75 Å². The third-order valence-corrected chi connectivity index (χ3v) is 3.66. The highest BCUT2D eigenvalue weighted by Crippen LogP contribution is 2.41. The number of benzene rings is 1. The van der Waals surface area contributed by atoms with Gasteiger partial charge in [-0.2, -0.15) is 13.2 Å². The minimum absolute atomic E-state index is 0. The van der Waals surface area contributed by atoms with Crippen molar-refractivity contribution in [3.63, 3.8) is 0 Å². The second-order valence-electron chi connectivity index (χ2n) is 7.89. The predicted octanol–water partition coefficient (Wildman–Crippen LogP) is 5.36. The number of phenols is 1. The van der Waals surface area contributed by atoms with Gasteiger partial charge in [0.25, 0.3) is 0 Å². The van der Waals surface area contributed by atoms with Gasteiger partial charge >= 0.3 is 6.18 Å². The second kappa shape index (κ2) is 6.89. The molecule has 3 N–H and O–H groups in total. The topological polar surface area (TPSA) is 46.2 Å². The number of hydrogen-bond acceptors (Lipinski definition) is 2. The molecule has 0 radical (unpaired) electrons. The van der Waals surface area contributed by atoms with Crippen LogP contribution in [0.3, 0.4) is 0 Å². The van der Waals surface area contributed by atoms with Crippen LogP contribution in [0.15, 0.2) is 12.1 Å². The Hall–Kier alpha value is -0.940. The summed E-state index contributed by atoms with van der Waals surface area (Å²) < 4.78 is 37.9. The van der Waals surface area contributed by atoms with Gasteiger partial charge in [0.1, 0.15) is 5.75 Å². The van der Waals surface area contributed by atoms with Gasteiger partial charge in [0, 0.05) is 11.6 Å². The molecular weight excluding hydrogens is 327 g/mol. The molecule has 0 amide bonds. The maximum absolute atomic E-state index is 12.6. The van der Waals surface area contributed by atoms with Gasteiger partial charge in [-0.25, -0.2) is 0 Å². The molecule has 0 saturated carbocycles. The van der Waals surface area contributed by atoms with E-state index in [2.05, 4.69) is 0 Å². The fourth-order valence-corrected chi connectivity index (χ4v) is 2.30. The van der Waals surface area contributed by atoms with Crippen molar-refractivity contribution in [2.45, 2.75) is 71.0 Å². The van der Waals surface area contributed by atoms with Crippen LogP contribution in [0.4, 0.5) is 13.2 Å². The highest BCUT2D eigenvalue weighted by Gasteiger charge is 2.34. The zero-order valence-corrected chi connectivity index (χ0v) is 15.3. The molecule has 0 unspecified atom stereocenters. The Kier molecular flexibility index (Phi) is 6.61. The first-order chi connectivity index (χ1) is 9.63. The van der Waals surface area contributed by atoms with Crippen LogP contribution in [-0.4, -0.2) is 11.3 Å². The summed E-state index contributed by atoms with van der Waals surface area (Å²) in [5.41, 5.74) is 6.73. The maximum atomic E-state index is 12.6. The molecule has 0 bridgehead atoms. The summed E-state index contributed by atoms with van der Waals surface area (Å²) in [6, 6.07) is 2.18. The summed E-state index contributed by atoms with van der Waals surface area (Å²) in [6.45, 7) is 11.7. The Balaban J connectivity index is 0.00000484. The van der Waals surface area contributed by atoms with Gasteiger partial charge in [0.05, 0.1) is 6.42 Å². The first-order valence-electron chi connectivity index (χ1n) is 7.33. The molecule has 0 spiro atoms. The number of halogens is 4. The van der Waals surface area contributed by atoms with E-state index in [9.17, 15) is 18.3 Å². The summed E-state index contributed by atoms with van der Waals surface area (Å²) in [5.74, 6) is -0.128. The summed E-state index contributed by atoms with van der Waals surface area (Å²) >= 11 is 0. The van der Waals surface area contributed by atoms with Gasteiger partial charge < -0.3 is 10.8 Å². The Labute approximate surface area is 142 Å². The number of nitrogens with two attached hydrogens (primary N) is 1. The summed E-state index contributed by atoms with van der Waals surface area (Å²) in [7, 11) is 0. The number of aromatic hydroxyl groups is 1. The van der Waals surface area contributed by atoms with Crippen molar-refractivity contribution in [1.82, 2.24) is 0 Å². The molecule has 23 heavy (non-hydrogen) atoms. The van der Waals surface area contributed by atoms with Gasteiger partial charge in [-0.1, -0.05) is 47.6 Å². The van der Waals surface area contributed by atoms with Crippen molar-refractivity contribution in [2.75, 3.05) is 0 Å². The minimum atomic E-state index is -4.37. The lowest BCUT2D eigenvalue weighted by Crippen LogP contribution is -2.23. The molecule has 1 atom stereocenters. The Morgan fingerprint density at radius 1 is 1.00 bits per heavy atom. The standard InChI is InChI=1S/C17H26F3NO.ClH/c1-15(2,3)10-7-11(13(21)9-17(18,19)20)14(22)12(8-10)16(4,5)6;/h7-8,13,22H,9,21H2,1-6H3;1H/t13-;/m0./s1. The third-order valence-electron chi connectivity index (χ3n) is 3.66. The van der Waals surface area contributed by atoms with Crippen LogP contribution in [0.1, 0.15) is 70.7 Å². The lowest BCUT2D eigenvalue weighted by atomic mass is 9.78. The molecule has 0 fully saturated rings. The summed E-state index contributed by atoms with van der Waals surface area (Å²) in [6.07, 6.45) is -5.52. The third kappa shape index (κ3) is 5.88. The number of rotatable bonds is 2. The quantitative estimate of drug-likeness (QED) is 0.751. The van der Waals surface area contributed by atoms with Crippen molar-refractivity contribution in [1.29, 1.82) is 0 Å². The summed E-state index contributed by atoms with van der Waals surface area (Å²) in [5, 5.41) is 10.4. The van der Waals surface area contributed by atoms with Crippen LogP contribution in [0.2, 0.25) is 0 Å². The smallest absolute Gasteiger partial charge is 0.390 e. The van der Waals surface area contributed by atoms with Gasteiger partial charge in [-0.05, 0) is 28.0 Å². The van der Waals surface area contributed by atoms with E-state index in [1.807, 2.05) is 47.6 Å². The van der Waals surface area contributed by atoms with Gasteiger partial charge in [0.15, 0.2) is 0 Å². The highest BCUT2D eigenvalue weighted by atomic mass is 35.5. The first kappa shape index (κ1) is 22.1. The molecule has 0 aliphatic carbocycles. The van der Waals surface area contributed by atoms with Crippen LogP contribution < -0.4 is 5.73 Å². The lowest BCUT2D eigenvalue weighted by molar-refractivity contribution is -0.138. The number of hydrogen-bond donors (Lipinski definition) is 2. The number of phenolic OH excluding ortho intramolecular Hbond substituents is 1. The molecule has 0 aliphatic rings. The van der Waals surface area contributed by atoms with Crippen LogP contribution in [-0.2, 0) is 10.8 Å². The van der Waals surface area contributed by atoms with E-state index in [4.69, 9.17) is 5.73 Å². The molecule has 0 aliphatic heterocycles. The van der Waals surface area contributed by atoms with Crippen molar-refractivity contribution < 1.29 is 18.3 Å². The zero-order chi connectivity index (χ0) is 17.5. The van der Waals surface area contributed by atoms with Crippen molar-refractivity contribution in [3.05, 3.63) is 28.8 Å². The molecule has 0 saturated heterocycles. The minimum Gasteiger partial charge on any atom is -0.507 e. The van der Waals surface area contributed by atoms with Crippen LogP contribution in [0.25, 0.3) is 0 Å². The van der Waals surface area contributed by atoms with Crippen molar-refractivity contribution >= 4 is 12.4 Å². The fourth-order valence-electron chi connectivity index (χ4n) is 2.30. The molecule has 0 heterocycles. The molecule has 0 aromatic heterocycles. The van der Waals surface area contributed by atoms with E-state index in [-0.39, 0.29) is 29.1 Å². The van der Waals surface area contributed by atoms with E-state index in [1.54, 1.807) is 6.07 Å². The van der Waals surface area contributed by atoms with E-state index in [0.717, 1.165) is 5.56 Å². The average molecular weight is 354 g/mol. The molecular formula is C17H27ClF3NO. The fraction of sp³-hybridized carbons (Fsp3) is 0.647. The molecule has 2 nitrogen and oxygen atoms in total. The van der Waals surface area contributed by atoms with E-state index >= 15 is 0 Å². The van der Waals surface area contributed by atoms with Gasteiger partial charge in [-0.3, -0.25) is 0 Å². The van der Waals surface area contributed by atoms with Crippen LogP contribution >= 0.6 is 12.4 Å². The molecule has 1 rings (SSSR count). The molecule has 134 valence electrons. The lowest BCUT2D eigenvalue weighted by Gasteiger charge is -2.29. The Morgan fingerprint density at radius 3 is 1.83 bits per heavy atom. The molecule has 6 heteroatoms. The van der Waals surface area contributed by atoms with Gasteiger partial charge in [-0.15, -0.1) is 12.4 Å². The monoisotopic (exact) mass is 353 g/mol. The largest absolute Gasteiger partial charge is 0.507 e. The molecule has 1 aromatic rings. The average Bonchev–Trinajstić information content (AvgIpc) is 2.23. The Morgan fingerprint density at radius 2 is 1.48 bits per heavy atom. The Bertz CT molecular complexity index is 542.